The Kier molecular flexibility index (Phi) is 8.00. The van der Waals surface area contributed by atoms with Crippen molar-refractivity contribution in [3.63, 3.8) is 0 Å². The molecule has 1 unspecified atom stereocenters. The average Bonchev–Trinajstić information content (AvgIpc) is 2.78. The van der Waals surface area contributed by atoms with Crippen LogP contribution in [0, 0.1) is 0 Å². The lowest BCUT2D eigenvalue weighted by atomic mass is 10.0. The zero-order valence-electron chi connectivity index (χ0n) is 17.6. The number of amides is 3. The molecule has 7 heteroatoms. The van der Waals surface area contributed by atoms with Crippen LogP contribution in [0.25, 0.3) is 0 Å². The van der Waals surface area contributed by atoms with Gasteiger partial charge in [0.2, 0.25) is 11.8 Å². The maximum atomic E-state index is 13.0. The first-order valence-corrected chi connectivity index (χ1v) is 10.5. The van der Waals surface area contributed by atoms with Gasteiger partial charge in [0, 0.05) is 36.2 Å². The molecule has 3 aromatic carbocycles. The summed E-state index contributed by atoms with van der Waals surface area (Å²) in [6, 6.07) is 22.4. The number of hydrogen-bond donors (Lipinski definition) is 3. The summed E-state index contributed by atoms with van der Waals surface area (Å²) < 4.78 is 0. The molecular weight excluding hydrogens is 426 g/mol. The summed E-state index contributed by atoms with van der Waals surface area (Å²) >= 11 is 5.90. The van der Waals surface area contributed by atoms with Gasteiger partial charge in [-0.1, -0.05) is 54.1 Å². The fraction of sp³-hybridized carbons (Fsp3) is 0.160. The Labute approximate surface area is 192 Å². The van der Waals surface area contributed by atoms with Gasteiger partial charge >= 0.3 is 0 Å². The Morgan fingerprint density at radius 1 is 0.844 bits per heavy atom. The molecule has 0 radical (unpaired) electrons. The summed E-state index contributed by atoms with van der Waals surface area (Å²) in [5.74, 6) is -0.786. The van der Waals surface area contributed by atoms with Crippen LogP contribution in [0.1, 0.15) is 28.4 Å². The Hall–Kier alpha value is -3.64. The number of hydrogen-bond acceptors (Lipinski definition) is 3. The molecule has 0 saturated carbocycles. The summed E-state index contributed by atoms with van der Waals surface area (Å²) in [5.41, 5.74) is 2.91. The van der Waals surface area contributed by atoms with Gasteiger partial charge in [0.25, 0.3) is 5.91 Å². The molecule has 0 spiro atoms. The van der Waals surface area contributed by atoms with Gasteiger partial charge < -0.3 is 16.0 Å². The van der Waals surface area contributed by atoms with E-state index in [4.69, 9.17) is 11.6 Å². The quantitative estimate of drug-likeness (QED) is 0.486. The van der Waals surface area contributed by atoms with Crippen molar-refractivity contribution in [3.8, 4) is 0 Å². The lowest BCUT2D eigenvalue weighted by Crippen LogP contribution is -2.47. The number of carbonyl (C=O) groups excluding carboxylic acids is 3. The van der Waals surface area contributed by atoms with Crippen LogP contribution in [0.3, 0.4) is 0 Å². The average molecular weight is 450 g/mol. The summed E-state index contributed by atoms with van der Waals surface area (Å²) in [5, 5.41) is 8.94. The zero-order chi connectivity index (χ0) is 22.9. The van der Waals surface area contributed by atoms with E-state index in [1.165, 1.54) is 6.92 Å². The number of benzene rings is 3. The van der Waals surface area contributed by atoms with Gasteiger partial charge in [0.1, 0.15) is 6.04 Å². The molecule has 0 fully saturated rings. The highest BCUT2D eigenvalue weighted by molar-refractivity contribution is 6.30. The first kappa shape index (κ1) is 23.0. The molecule has 0 aliphatic heterocycles. The smallest absolute Gasteiger partial charge is 0.251 e. The van der Waals surface area contributed by atoms with E-state index >= 15 is 0 Å². The van der Waals surface area contributed by atoms with E-state index in [9.17, 15) is 14.4 Å². The number of halogens is 1. The third-order valence-electron chi connectivity index (χ3n) is 4.75. The van der Waals surface area contributed by atoms with Crippen molar-refractivity contribution < 1.29 is 14.4 Å². The highest BCUT2D eigenvalue weighted by Gasteiger charge is 2.22. The van der Waals surface area contributed by atoms with E-state index in [0.29, 0.717) is 29.2 Å². The van der Waals surface area contributed by atoms with Crippen molar-refractivity contribution in [1.29, 1.82) is 0 Å². The van der Waals surface area contributed by atoms with Crippen LogP contribution in [0.15, 0.2) is 78.9 Å². The van der Waals surface area contributed by atoms with Crippen molar-refractivity contribution in [2.24, 2.45) is 0 Å². The van der Waals surface area contributed by atoms with E-state index in [2.05, 4.69) is 16.0 Å². The molecule has 32 heavy (non-hydrogen) atoms. The van der Waals surface area contributed by atoms with Crippen LogP contribution in [0.5, 0.6) is 0 Å². The number of anilines is 1. The summed E-state index contributed by atoms with van der Waals surface area (Å²) in [6.07, 6.45) is 0.355. The van der Waals surface area contributed by atoms with Crippen molar-refractivity contribution in [2.45, 2.75) is 25.9 Å². The third-order valence-corrected chi connectivity index (χ3v) is 5.00. The topological polar surface area (TPSA) is 87.3 Å². The number of carbonyl (C=O) groups is 3. The van der Waals surface area contributed by atoms with Gasteiger partial charge in [-0.25, -0.2) is 0 Å². The zero-order valence-corrected chi connectivity index (χ0v) is 18.4. The molecule has 3 amide bonds. The predicted octanol–water partition coefficient (Wildman–Crippen LogP) is 3.96. The molecule has 0 heterocycles. The lowest BCUT2D eigenvalue weighted by Gasteiger charge is -2.19. The highest BCUT2D eigenvalue weighted by Crippen LogP contribution is 2.12. The number of nitrogens with one attached hydrogen (secondary N) is 3. The normalized spacial score (nSPS) is 11.3. The van der Waals surface area contributed by atoms with E-state index in [0.717, 1.165) is 11.1 Å². The van der Waals surface area contributed by atoms with Crippen LogP contribution >= 0.6 is 11.6 Å². The Bertz CT molecular complexity index is 1070. The second-order valence-corrected chi connectivity index (χ2v) is 7.76. The van der Waals surface area contributed by atoms with E-state index in [-0.39, 0.29) is 17.7 Å². The minimum absolute atomic E-state index is 0.147. The largest absolute Gasteiger partial charge is 0.350 e. The number of rotatable bonds is 8. The second kappa shape index (κ2) is 11.1. The minimum Gasteiger partial charge on any atom is -0.350 e. The molecule has 164 valence electrons. The first-order chi connectivity index (χ1) is 15.4. The molecule has 3 N–H and O–H groups in total. The molecule has 0 aliphatic rings. The summed E-state index contributed by atoms with van der Waals surface area (Å²) in [7, 11) is 0. The maximum Gasteiger partial charge on any atom is 0.251 e. The van der Waals surface area contributed by atoms with Crippen molar-refractivity contribution in [3.05, 3.63) is 101 Å². The SMILES string of the molecule is CC(=O)Nc1ccc(CNC(=O)C(Cc2ccccc2)NC(=O)c2ccc(Cl)cc2)cc1. The summed E-state index contributed by atoms with van der Waals surface area (Å²) in [4.78, 5) is 36.8. The molecule has 0 saturated heterocycles. The molecule has 3 aromatic rings. The fourth-order valence-corrected chi connectivity index (χ4v) is 3.25. The second-order valence-electron chi connectivity index (χ2n) is 7.32. The van der Waals surface area contributed by atoms with E-state index < -0.39 is 6.04 Å². The molecule has 0 aromatic heterocycles. The molecule has 0 aliphatic carbocycles. The van der Waals surface area contributed by atoms with Crippen LogP contribution in [0.4, 0.5) is 5.69 Å². The van der Waals surface area contributed by atoms with E-state index in [1.54, 1.807) is 36.4 Å². The van der Waals surface area contributed by atoms with Crippen LogP contribution in [-0.2, 0) is 22.6 Å². The monoisotopic (exact) mass is 449 g/mol. The van der Waals surface area contributed by atoms with Crippen molar-refractivity contribution in [1.82, 2.24) is 10.6 Å². The van der Waals surface area contributed by atoms with Crippen LogP contribution in [0.2, 0.25) is 5.02 Å². The third kappa shape index (κ3) is 6.96. The highest BCUT2D eigenvalue weighted by atomic mass is 35.5. The standard InChI is InChI=1S/C25H24ClN3O3/c1-17(30)28-22-13-7-19(8-14-22)16-27-25(32)23(15-18-5-3-2-4-6-18)29-24(31)20-9-11-21(26)12-10-20/h2-14,23H,15-16H2,1H3,(H,27,32)(H,28,30)(H,29,31). The summed E-state index contributed by atoms with van der Waals surface area (Å²) in [6.45, 7) is 1.74. The van der Waals surface area contributed by atoms with Crippen LogP contribution < -0.4 is 16.0 Å². The molecule has 3 rings (SSSR count). The Morgan fingerprint density at radius 2 is 1.50 bits per heavy atom. The molecule has 0 bridgehead atoms. The van der Waals surface area contributed by atoms with Crippen molar-refractivity contribution in [2.75, 3.05) is 5.32 Å². The van der Waals surface area contributed by atoms with Gasteiger partial charge in [0.15, 0.2) is 0 Å². The van der Waals surface area contributed by atoms with Gasteiger partial charge in [-0.15, -0.1) is 0 Å². The van der Waals surface area contributed by atoms with Crippen LogP contribution in [-0.4, -0.2) is 23.8 Å². The Balaban J connectivity index is 1.67. The Morgan fingerprint density at radius 3 is 2.12 bits per heavy atom. The predicted molar refractivity (Wildman–Crippen MR) is 125 cm³/mol. The fourth-order valence-electron chi connectivity index (χ4n) is 3.12. The van der Waals surface area contributed by atoms with Crippen molar-refractivity contribution >= 4 is 35.0 Å². The molecule has 6 nitrogen and oxygen atoms in total. The van der Waals surface area contributed by atoms with Gasteiger partial charge in [0.05, 0.1) is 0 Å². The minimum atomic E-state index is -0.751. The van der Waals surface area contributed by atoms with Gasteiger partial charge in [-0.3, -0.25) is 14.4 Å². The molecule has 1 atom stereocenters. The molecular formula is C25H24ClN3O3. The lowest BCUT2D eigenvalue weighted by molar-refractivity contribution is -0.123. The van der Waals surface area contributed by atoms with E-state index in [1.807, 2.05) is 42.5 Å². The van der Waals surface area contributed by atoms with Gasteiger partial charge in [-0.2, -0.15) is 0 Å². The van der Waals surface area contributed by atoms with Gasteiger partial charge in [-0.05, 0) is 47.5 Å². The maximum absolute atomic E-state index is 13.0. The first-order valence-electron chi connectivity index (χ1n) is 10.2.